The average Bonchev–Trinajstić information content (AvgIpc) is 2.45. The molecule has 4 aliphatic rings. The average molecular weight is 315 g/mol. The Bertz CT molecular complexity index is 717. The molecule has 3 N–H and O–H groups in total. The van der Waals surface area contributed by atoms with Crippen LogP contribution in [0, 0.1) is 17.3 Å². The summed E-state index contributed by atoms with van der Waals surface area (Å²) in [4.78, 5) is 24.5. The smallest absolute Gasteiger partial charge is 0.312 e. The third kappa shape index (κ3) is 1.56. The van der Waals surface area contributed by atoms with Gasteiger partial charge in [-0.2, -0.15) is 0 Å². The van der Waals surface area contributed by atoms with Gasteiger partial charge in [0, 0.05) is 17.5 Å². The minimum Gasteiger partial charge on any atom is -0.481 e. The number of aliphatic carboxylic acids is 2. The van der Waals surface area contributed by atoms with Crippen molar-refractivity contribution in [3.63, 3.8) is 0 Å². The van der Waals surface area contributed by atoms with Gasteiger partial charge in [0.15, 0.2) is 0 Å². The summed E-state index contributed by atoms with van der Waals surface area (Å²) >= 11 is 0. The van der Waals surface area contributed by atoms with Crippen LogP contribution in [-0.2, 0) is 16.0 Å². The minimum atomic E-state index is -1.05. The fourth-order valence-corrected chi connectivity index (χ4v) is 5.97. The summed E-state index contributed by atoms with van der Waals surface area (Å²) in [5.41, 5.74) is 0.417. The zero-order chi connectivity index (χ0) is 16.6. The van der Waals surface area contributed by atoms with Crippen LogP contribution in [0.4, 0.5) is 0 Å². The number of carboxylic acid groups (broad SMARTS) is 2. The molecular formula is C18H21NO4. The zero-order valence-corrected chi connectivity index (χ0v) is 13.2. The quantitative estimate of drug-likeness (QED) is 0.775. The Balaban J connectivity index is 2.04. The van der Waals surface area contributed by atoms with E-state index in [1.54, 1.807) is 0 Å². The molecule has 2 heterocycles. The van der Waals surface area contributed by atoms with Crippen molar-refractivity contribution < 1.29 is 19.8 Å². The van der Waals surface area contributed by atoms with Crippen LogP contribution in [0.15, 0.2) is 24.3 Å². The molecule has 5 heteroatoms. The number of carbonyl (C=O) groups is 2. The Morgan fingerprint density at radius 2 is 1.96 bits per heavy atom. The molecule has 1 saturated carbocycles. The summed E-state index contributed by atoms with van der Waals surface area (Å²) in [6.07, 6.45) is 1.30. The lowest BCUT2D eigenvalue weighted by atomic mass is 9.41. The second kappa shape index (κ2) is 4.35. The first-order chi connectivity index (χ1) is 10.8. The molecule has 2 saturated heterocycles. The summed E-state index contributed by atoms with van der Waals surface area (Å²) in [6, 6.07) is 7.52. The number of hydrogen-bond donors (Lipinski definition) is 3. The third-order valence-corrected chi connectivity index (χ3v) is 6.64. The Labute approximate surface area is 134 Å². The Morgan fingerprint density at radius 3 is 2.61 bits per heavy atom. The standard InChI is InChI=1S/C18H21NO4/c1-9-18(16(22)23)11-7-10-5-3-4-6-12(10)13(18)14(15(20)21)17(2,8-11)19-9/h3-6,9,11,13-14,19H,7-8H2,1-2H3,(H,20,21)(H,22,23). The first kappa shape index (κ1) is 14.7. The predicted octanol–water partition coefficient (Wildman–Crippen LogP) is 1.87. The van der Waals surface area contributed by atoms with Crippen molar-refractivity contribution in [1.29, 1.82) is 0 Å². The summed E-state index contributed by atoms with van der Waals surface area (Å²) in [5, 5.41) is 23.4. The van der Waals surface area contributed by atoms with E-state index in [-0.39, 0.29) is 12.0 Å². The molecule has 3 fully saturated rings. The van der Waals surface area contributed by atoms with Gasteiger partial charge in [-0.1, -0.05) is 24.3 Å². The van der Waals surface area contributed by atoms with Crippen LogP contribution in [0.3, 0.4) is 0 Å². The van der Waals surface area contributed by atoms with E-state index in [0.29, 0.717) is 12.8 Å². The molecule has 0 spiro atoms. The van der Waals surface area contributed by atoms with Crippen LogP contribution in [-0.4, -0.2) is 33.7 Å². The topological polar surface area (TPSA) is 86.6 Å². The first-order valence-electron chi connectivity index (χ1n) is 8.14. The van der Waals surface area contributed by atoms with E-state index in [1.165, 1.54) is 0 Å². The van der Waals surface area contributed by atoms with Crippen molar-refractivity contribution in [2.45, 2.75) is 44.2 Å². The van der Waals surface area contributed by atoms with Gasteiger partial charge in [-0.3, -0.25) is 9.59 Å². The van der Waals surface area contributed by atoms with Gasteiger partial charge < -0.3 is 15.5 Å². The second-order valence-electron chi connectivity index (χ2n) is 7.62. The van der Waals surface area contributed by atoms with E-state index in [4.69, 9.17) is 0 Å². The van der Waals surface area contributed by atoms with Crippen LogP contribution in [0.2, 0.25) is 0 Å². The van der Waals surface area contributed by atoms with Crippen molar-refractivity contribution >= 4 is 11.9 Å². The normalized spacial score (nSPS) is 43.7. The molecule has 0 amide bonds. The highest BCUT2D eigenvalue weighted by Gasteiger charge is 2.72. The van der Waals surface area contributed by atoms with Gasteiger partial charge in [-0.25, -0.2) is 0 Å². The number of hydrogen-bond acceptors (Lipinski definition) is 3. The Kier molecular flexibility index (Phi) is 2.78. The molecule has 122 valence electrons. The highest BCUT2D eigenvalue weighted by Crippen LogP contribution is 2.65. The molecule has 0 aromatic heterocycles. The molecule has 4 bridgehead atoms. The molecule has 23 heavy (non-hydrogen) atoms. The molecule has 6 atom stereocenters. The number of rotatable bonds is 2. The van der Waals surface area contributed by atoms with E-state index in [0.717, 1.165) is 11.1 Å². The molecule has 0 radical (unpaired) electrons. The van der Waals surface area contributed by atoms with Gasteiger partial charge in [0.05, 0.1) is 11.3 Å². The van der Waals surface area contributed by atoms with E-state index in [9.17, 15) is 19.8 Å². The largest absolute Gasteiger partial charge is 0.481 e. The van der Waals surface area contributed by atoms with E-state index >= 15 is 0 Å². The highest BCUT2D eigenvalue weighted by molar-refractivity contribution is 5.84. The first-order valence-corrected chi connectivity index (χ1v) is 8.14. The third-order valence-electron chi connectivity index (χ3n) is 6.64. The molecule has 1 aromatic carbocycles. The van der Waals surface area contributed by atoms with Crippen LogP contribution >= 0.6 is 0 Å². The van der Waals surface area contributed by atoms with Crippen molar-refractivity contribution in [3.05, 3.63) is 35.4 Å². The maximum Gasteiger partial charge on any atom is 0.312 e. The van der Waals surface area contributed by atoms with Gasteiger partial charge in [0.1, 0.15) is 0 Å². The lowest BCUT2D eigenvalue weighted by Gasteiger charge is -2.67. The highest BCUT2D eigenvalue weighted by atomic mass is 16.4. The maximum atomic E-state index is 12.4. The van der Waals surface area contributed by atoms with Crippen molar-refractivity contribution in [1.82, 2.24) is 5.32 Å². The van der Waals surface area contributed by atoms with Crippen LogP contribution < -0.4 is 5.32 Å². The SMILES string of the molecule is CC1NC2(C)CC3Cc4ccccc4C(C2C(=O)O)C31C(=O)O. The van der Waals surface area contributed by atoms with Gasteiger partial charge in [-0.15, -0.1) is 0 Å². The Morgan fingerprint density at radius 1 is 1.26 bits per heavy atom. The number of benzene rings is 1. The number of fused-ring (bicyclic) bond motifs is 2. The number of nitrogens with one attached hydrogen (secondary N) is 1. The van der Waals surface area contributed by atoms with Crippen molar-refractivity contribution in [3.8, 4) is 0 Å². The maximum absolute atomic E-state index is 12.4. The molecule has 6 unspecified atom stereocenters. The van der Waals surface area contributed by atoms with Gasteiger partial charge in [0.2, 0.25) is 0 Å². The van der Waals surface area contributed by atoms with Crippen LogP contribution in [0.1, 0.15) is 37.3 Å². The molecular weight excluding hydrogens is 294 g/mol. The Hall–Kier alpha value is -1.88. The minimum absolute atomic E-state index is 0.0308. The van der Waals surface area contributed by atoms with E-state index in [2.05, 4.69) is 5.32 Å². The number of piperidine rings is 2. The van der Waals surface area contributed by atoms with Gasteiger partial charge in [-0.05, 0) is 43.7 Å². The summed E-state index contributed by atoms with van der Waals surface area (Å²) in [7, 11) is 0. The molecule has 5 rings (SSSR count). The van der Waals surface area contributed by atoms with Crippen LogP contribution in [0.25, 0.3) is 0 Å². The van der Waals surface area contributed by atoms with Gasteiger partial charge in [0.25, 0.3) is 0 Å². The lowest BCUT2D eigenvalue weighted by molar-refractivity contribution is -0.189. The summed E-state index contributed by atoms with van der Waals surface area (Å²) < 4.78 is 0. The molecule has 2 aliphatic heterocycles. The molecule has 5 nitrogen and oxygen atoms in total. The zero-order valence-electron chi connectivity index (χ0n) is 13.2. The lowest BCUT2D eigenvalue weighted by Crippen LogP contribution is -2.78. The fourth-order valence-electron chi connectivity index (χ4n) is 5.97. The molecule has 1 aromatic rings. The van der Waals surface area contributed by atoms with E-state index in [1.807, 2.05) is 38.1 Å². The van der Waals surface area contributed by atoms with Crippen molar-refractivity contribution in [2.75, 3.05) is 0 Å². The number of carboxylic acids is 2. The second-order valence-corrected chi connectivity index (χ2v) is 7.62. The monoisotopic (exact) mass is 315 g/mol. The molecule has 2 aliphatic carbocycles. The predicted molar refractivity (Wildman–Crippen MR) is 83.2 cm³/mol. The van der Waals surface area contributed by atoms with Gasteiger partial charge >= 0.3 is 11.9 Å². The van der Waals surface area contributed by atoms with E-state index < -0.39 is 34.7 Å². The summed E-state index contributed by atoms with van der Waals surface area (Å²) in [5.74, 6) is -3.01. The van der Waals surface area contributed by atoms with Crippen molar-refractivity contribution in [2.24, 2.45) is 17.3 Å². The van der Waals surface area contributed by atoms with Crippen LogP contribution in [0.5, 0.6) is 0 Å². The summed E-state index contributed by atoms with van der Waals surface area (Å²) in [6.45, 7) is 3.85. The fraction of sp³-hybridized carbons (Fsp3) is 0.556.